The van der Waals surface area contributed by atoms with Crippen LogP contribution in [0.2, 0.25) is 0 Å². The van der Waals surface area contributed by atoms with Crippen LogP contribution in [0.4, 0.5) is 0 Å². The summed E-state index contributed by atoms with van der Waals surface area (Å²) in [7, 11) is 0. The first kappa shape index (κ1) is 29.4. The highest BCUT2D eigenvalue weighted by atomic mass is 32.2. The van der Waals surface area contributed by atoms with Gasteiger partial charge in [0.2, 0.25) is 0 Å². The van der Waals surface area contributed by atoms with Gasteiger partial charge in [-0.05, 0) is 42.9 Å². The van der Waals surface area contributed by atoms with E-state index < -0.39 is 0 Å². The van der Waals surface area contributed by atoms with E-state index in [2.05, 4.69) is 38.1 Å². The molecule has 32 heavy (non-hydrogen) atoms. The predicted octanol–water partition coefficient (Wildman–Crippen LogP) is 11.0. The van der Waals surface area contributed by atoms with E-state index >= 15 is 0 Å². The molecule has 0 atom stereocenters. The molecular formula is C30H54OS. The number of hydrogen-bond donors (Lipinski definition) is 0. The second-order valence-electron chi connectivity index (χ2n) is 9.53. The summed E-state index contributed by atoms with van der Waals surface area (Å²) in [4.78, 5) is 1.38. The standard InChI is InChI=1S/C30H54OS/c1-3-5-7-9-11-13-15-17-19-21-27-31-29-23-25-30(26-24-29)32-28-22-20-18-16-14-12-10-8-6-4-2/h23-26H,3-22,27-28H2,1-2H3. The summed E-state index contributed by atoms with van der Waals surface area (Å²) in [6, 6.07) is 8.76. The minimum Gasteiger partial charge on any atom is -0.494 e. The lowest BCUT2D eigenvalue weighted by Crippen LogP contribution is -1.97. The van der Waals surface area contributed by atoms with Crippen molar-refractivity contribution in [3.8, 4) is 5.75 Å². The van der Waals surface area contributed by atoms with Crippen molar-refractivity contribution in [1.29, 1.82) is 0 Å². The summed E-state index contributed by atoms with van der Waals surface area (Å²) >= 11 is 2.00. The maximum absolute atomic E-state index is 5.94. The minimum absolute atomic E-state index is 0.863. The molecule has 1 aromatic carbocycles. The van der Waals surface area contributed by atoms with Crippen LogP contribution < -0.4 is 4.74 Å². The van der Waals surface area contributed by atoms with Crippen molar-refractivity contribution in [2.75, 3.05) is 12.4 Å². The monoisotopic (exact) mass is 462 g/mol. The van der Waals surface area contributed by atoms with Gasteiger partial charge in [0.25, 0.3) is 0 Å². The molecule has 0 aliphatic carbocycles. The molecule has 0 radical (unpaired) electrons. The van der Waals surface area contributed by atoms with Gasteiger partial charge in [0.15, 0.2) is 0 Å². The van der Waals surface area contributed by atoms with E-state index in [1.807, 2.05) is 11.8 Å². The fraction of sp³-hybridized carbons (Fsp3) is 0.800. The summed E-state index contributed by atoms with van der Waals surface area (Å²) in [5.41, 5.74) is 0. The lowest BCUT2D eigenvalue weighted by molar-refractivity contribution is 0.304. The zero-order valence-electron chi connectivity index (χ0n) is 21.7. The van der Waals surface area contributed by atoms with Crippen LogP contribution in [0.1, 0.15) is 142 Å². The average molecular weight is 463 g/mol. The molecule has 1 rings (SSSR count). The maximum atomic E-state index is 5.94. The van der Waals surface area contributed by atoms with Gasteiger partial charge in [0, 0.05) is 4.90 Å². The third-order valence-corrected chi connectivity index (χ3v) is 7.46. The maximum Gasteiger partial charge on any atom is 0.119 e. The van der Waals surface area contributed by atoms with Crippen molar-refractivity contribution < 1.29 is 4.74 Å². The molecular weight excluding hydrogens is 408 g/mol. The fourth-order valence-electron chi connectivity index (χ4n) is 4.19. The van der Waals surface area contributed by atoms with Crippen LogP contribution in [0.5, 0.6) is 5.75 Å². The quantitative estimate of drug-likeness (QED) is 0.112. The Morgan fingerprint density at radius 1 is 0.500 bits per heavy atom. The molecule has 2 heteroatoms. The fourth-order valence-corrected chi connectivity index (χ4v) is 5.10. The molecule has 0 unspecified atom stereocenters. The van der Waals surface area contributed by atoms with Crippen molar-refractivity contribution >= 4 is 11.8 Å². The molecule has 0 saturated carbocycles. The minimum atomic E-state index is 0.863. The topological polar surface area (TPSA) is 9.23 Å². The van der Waals surface area contributed by atoms with Crippen molar-refractivity contribution in [3.05, 3.63) is 24.3 Å². The van der Waals surface area contributed by atoms with Gasteiger partial charge in [-0.2, -0.15) is 0 Å². The Hall–Kier alpha value is -0.630. The van der Waals surface area contributed by atoms with Crippen LogP contribution in [0.3, 0.4) is 0 Å². The van der Waals surface area contributed by atoms with Crippen LogP contribution in [0.15, 0.2) is 29.2 Å². The predicted molar refractivity (Wildman–Crippen MR) is 146 cm³/mol. The summed E-state index contributed by atoms with van der Waals surface area (Å²) < 4.78 is 5.94. The second kappa shape index (κ2) is 23.5. The van der Waals surface area contributed by atoms with Crippen molar-refractivity contribution in [1.82, 2.24) is 0 Å². The first-order chi connectivity index (χ1) is 15.9. The van der Waals surface area contributed by atoms with Crippen LogP contribution in [0.25, 0.3) is 0 Å². The third kappa shape index (κ3) is 18.9. The molecule has 0 N–H and O–H groups in total. The molecule has 0 heterocycles. The van der Waals surface area contributed by atoms with Crippen molar-refractivity contribution in [2.45, 2.75) is 147 Å². The molecule has 186 valence electrons. The number of thioether (sulfide) groups is 1. The van der Waals surface area contributed by atoms with Crippen LogP contribution in [-0.4, -0.2) is 12.4 Å². The van der Waals surface area contributed by atoms with E-state index in [1.165, 1.54) is 139 Å². The molecule has 0 aromatic heterocycles. The van der Waals surface area contributed by atoms with E-state index in [0.29, 0.717) is 0 Å². The van der Waals surface area contributed by atoms with Gasteiger partial charge in [0.05, 0.1) is 6.61 Å². The Kier molecular flexibility index (Phi) is 21.6. The van der Waals surface area contributed by atoms with Gasteiger partial charge in [-0.1, -0.05) is 129 Å². The highest BCUT2D eigenvalue weighted by Crippen LogP contribution is 2.23. The van der Waals surface area contributed by atoms with E-state index in [0.717, 1.165) is 12.4 Å². The van der Waals surface area contributed by atoms with Crippen molar-refractivity contribution in [2.24, 2.45) is 0 Å². The molecule has 0 amide bonds. The van der Waals surface area contributed by atoms with E-state index in [1.54, 1.807) is 0 Å². The Balaban J connectivity index is 1.89. The van der Waals surface area contributed by atoms with Crippen molar-refractivity contribution in [3.63, 3.8) is 0 Å². The molecule has 1 nitrogen and oxygen atoms in total. The number of hydrogen-bond acceptors (Lipinski definition) is 2. The normalized spacial score (nSPS) is 11.2. The Morgan fingerprint density at radius 3 is 1.38 bits per heavy atom. The number of unbranched alkanes of at least 4 members (excludes halogenated alkanes) is 18. The highest BCUT2D eigenvalue weighted by molar-refractivity contribution is 7.99. The lowest BCUT2D eigenvalue weighted by atomic mass is 10.1. The molecule has 1 aromatic rings. The molecule has 0 bridgehead atoms. The van der Waals surface area contributed by atoms with Crippen LogP contribution in [0, 0.1) is 0 Å². The van der Waals surface area contributed by atoms with Gasteiger partial charge in [-0.15, -0.1) is 11.8 Å². The van der Waals surface area contributed by atoms with Gasteiger partial charge < -0.3 is 4.74 Å². The Labute approximate surface area is 205 Å². The van der Waals surface area contributed by atoms with E-state index in [-0.39, 0.29) is 0 Å². The first-order valence-electron chi connectivity index (χ1n) is 14.2. The molecule has 0 aliphatic heterocycles. The number of ether oxygens (including phenoxy) is 1. The first-order valence-corrected chi connectivity index (χ1v) is 15.2. The van der Waals surface area contributed by atoms with Crippen LogP contribution >= 0.6 is 11.8 Å². The van der Waals surface area contributed by atoms with E-state index in [4.69, 9.17) is 4.74 Å². The molecule has 0 saturated heterocycles. The number of benzene rings is 1. The Morgan fingerprint density at radius 2 is 0.906 bits per heavy atom. The zero-order valence-corrected chi connectivity index (χ0v) is 22.5. The summed E-state index contributed by atoms with van der Waals surface area (Å²) in [5, 5.41) is 0. The molecule has 0 spiro atoms. The van der Waals surface area contributed by atoms with Gasteiger partial charge in [0.1, 0.15) is 5.75 Å². The highest BCUT2D eigenvalue weighted by Gasteiger charge is 1.99. The SMILES string of the molecule is CCCCCCCCCCCCOc1ccc(SCCCCCCCCCCCC)cc1. The van der Waals surface area contributed by atoms with Gasteiger partial charge >= 0.3 is 0 Å². The van der Waals surface area contributed by atoms with Gasteiger partial charge in [-0.3, -0.25) is 0 Å². The second-order valence-corrected chi connectivity index (χ2v) is 10.7. The average Bonchev–Trinajstić information content (AvgIpc) is 2.82. The number of rotatable bonds is 24. The zero-order chi connectivity index (χ0) is 23.0. The third-order valence-electron chi connectivity index (χ3n) is 6.36. The Bertz CT molecular complexity index is 439. The van der Waals surface area contributed by atoms with Crippen LogP contribution in [-0.2, 0) is 0 Å². The molecule has 0 fully saturated rings. The largest absolute Gasteiger partial charge is 0.494 e. The lowest BCUT2D eigenvalue weighted by Gasteiger charge is -2.08. The van der Waals surface area contributed by atoms with E-state index in [9.17, 15) is 0 Å². The summed E-state index contributed by atoms with van der Waals surface area (Å²) in [6.07, 6.45) is 27.9. The molecule has 0 aliphatic rings. The summed E-state index contributed by atoms with van der Waals surface area (Å²) in [5.74, 6) is 2.28. The smallest absolute Gasteiger partial charge is 0.119 e. The van der Waals surface area contributed by atoms with Gasteiger partial charge in [-0.25, -0.2) is 0 Å². The summed E-state index contributed by atoms with van der Waals surface area (Å²) in [6.45, 7) is 5.44.